The number of aromatic nitrogens is 1. The van der Waals surface area contributed by atoms with Crippen molar-refractivity contribution in [3.63, 3.8) is 0 Å². The molecule has 11 nitrogen and oxygen atoms in total. The Kier molecular flexibility index (Phi) is 10.6. The number of carbonyl (C=O) groups excluding carboxylic acids is 3. The smallest absolute Gasteiger partial charge is 0.308 e. The Morgan fingerprint density at radius 2 is 1.94 bits per heavy atom. The van der Waals surface area contributed by atoms with Gasteiger partial charge in [-0.3, -0.25) is 19.2 Å². The Bertz CT molecular complexity index is 1620. The summed E-state index contributed by atoms with van der Waals surface area (Å²) in [6.45, 7) is 5.18. The van der Waals surface area contributed by atoms with Gasteiger partial charge in [-0.2, -0.15) is 0 Å². The fourth-order valence-electron chi connectivity index (χ4n) is 6.62. The summed E-state index contributed by atoms with van der Waals surface area (Å²) in [5.41, 5.74) is -1.40. The van der Waals surface area contributed by atoms with Crippen LogP contribution in [0, 0.1) is 11.6 Å². The Morgan fingerprint density at radius 1 is 1.17 bits per heavy atom. The van der Waals surface area contributed by atoms with Crippen molar-refractivity contribution in [2.75, 3.05) is 13.3 Å². The van der Waals surface area contributed by atoms with Crippen molar-refractivity contribution in [3.8, 4) is 5.75 Å². The SMILES string of the molecule is CCCCCCCCC(=O)OCOc1c2n(cc(C(=O)NCc3ccc(F)cc3F)c1=O)[C@@H]1CN(C2=O)[C@@H](C)CC[C@]12CC(C)=NO2.[HH]. The highest BCUT2D eigenvalue weighted by Crippen LogP contribution is 2.46. The number of ether oxygens (including phenoxy) is 2. The second-order valence-corrected chi connectivity index (χ2v) is 12.7. The number of hydrogen-bond donors (Lipinski definition) is 1. The summed E-state index contributed by atoms with van der Waals surface area (Å²) in [5.74, 6) is -3.88. The Hall–Kier alpha value is -4.29. The van der Waals surface area contributed by atoms with Crippen molar-refractivity contribution in [2.45, 2.75) is 109 Å². The topological polar surface area (TPSA) is 129 Å². The summed E-state index contributed by atoms with van der Waals surface area (Å²) >= 11 is 0. The molecule has 13 heteroatoms. The number of unbranched alkanes of at least 4 members (excludes halogenated alkanes) is 5. The molecular weight excluding hydrogens is 614 g/mol. The van der Waals surface area contributed by atoms with Gasteiger partial charge in [0.1, 0.15) is 17.2 Å². The lowest BCUT2D eigenvalue weighted by atomic mass is 9.84. The minimum absolute atomic E-state index is 0. The maximum Gasteiger partial charge on any atom is 0.308 e. The molecule has 3 aliphatic rings. The number of rotatable bonds is 13. The van der Waals surface area contributed by atoms with Gasteiger partial charge in [0.05, 0.1) is 11.8 Å². The van der Waals surface area contributed by atoms with E-state index in [0.717, 1.165) is 43.9 Å². The number of nitrogens with zero attached hydrogens (tertiary/aromatic N) is 3. The number of hydrogen-bond acceptors (Lipinski definition) is 8. The first kappa shape index (κ1) is 34.1. The highest BCUT2D eigenvalue weighted by Gasteiger charge is 2.54. The lowest BCUT2D eigenvalue weighted by molar-refractivity contribution is -0.150. The van der Waals surface area contributed by atoms with E-state index in [1.54, 1.807) is 9.47 Å². The van der Waals surface area contributed by atoms with E-state index in [2.05, 4.69) is 17.4 Å². The third-order valence-electron chi connectivity index (χ3n) is 9.28. The van der Waals surface area contributed by atoms with Gasteiger partial charge >= 0.3 is 5.97 Å². The summed E-state index contributed by atoms with van der Waals surface area (Å²) in [6.07, 6.45) is 9.10. The van der Waals surface area contributed by atoms with E-state index in [0.29, 0.717) is 31.7 Å². The fourth-order valence-corrected chi connectivity index (χ4v) is 6.62. The van der Waals surface area contributed by atoms with Crippen molar-refractivity contribution in [3.05, 3.63) is 63.1 Å². The summed E-state index contributed by atoms with van der Waals surface area (Å²) in [6, 6.07) is 2.23. The molecule has 0 aliphatic carbocycles. The van der Waals surface area contributed by atoms with Crippen molar-refractivity contribution in [1.82, 2.24) is 14.8 Å². The normalized spacial score (nSPS) is 21.5. The van der Waals surface area contributed by atoms with E-state index in [1.165, 1.54) is 12.3 Å². The van der Waals surface area contributed by atoms with Crippen LogP contribution >= 0.6 is 0 Å². The van der Waals surface area contributed by atoms with Crippen LogP contribution in [0.5, 0.6) is 5.75 Å². The van der Waals surface area contributed by atoms with Gasteiger partial charge in [0.25, 0.3) is 11.8 Å². The van der Waals surface area contributed by atoms with Gasteiger partial charge in [-0.05, 0) is 39.2 Å². The van der Waals surface area contributed by atoms with E-state index in [1.807, 2.05) is 13.8 Å². The average molecular weight is 659 g/mol. The number of amides is 2. The van der Waals surface area contributed by atoms with Crippen LogP contribution in [0.4, 0.5) is 8.78 Å². The van der Waals surface area contributed by atoms with Gasteiger partial charge in [-0.15, -0.1) is 0 Å². The molecule has 2 aromatic rings. The zero-order chi connectivity index (χ0) is 33.7. The lowest BCUT2D eigenvalue weighted by Crippen LogP contribution is -2.52. The van der Waals surface area contributed by atoms with Crippen LogP contribution in [0.2, 0.25) is 0 Å². The van der Waals surface area contributed by atoms with Gasteiger partial charge in [0.2, 0.25) is 18.0 Å². The first-order valence-corrected chi connectivity index (χ1v) is 16.4. The summed E-state index contributed by atoms with van der Waals surface area (Å²) in [4.78, 5) is 61.5. The molecule has 1 aromatic heterocycles. The molecule has 1 spiro atoms. The molecule has 1 saturated heterocycles. The van der Waals surface area contributed by atoms with Gasteiger partial charge in [-0.25, -0.2) is 8.78 Å². The molecule has 2 amide bonds. The Morgan fingerprint density at radius 3 is 2.66 bits per heavy atom. The van der Waals surface area contributed by atoms with Crippen LogP contribution in [-0.2, 0) is 20.9 Å². The van der Waals surface area contributed by atoms with Gasteiger partial charge in [0, 0.05) is 51.2 Å². The molecule has 5 rings (SSSR count). The molecule has 1 N–H and O–H groups in total. The first-order valence-electron chi connectivity index (χ1n) is 16.4. The Balaban J connectivity index is 0.00000520. The maximum atomic E-state index is 14.3. The number of carbonyl (C=O) groups is 3. The number of fused-ring (bicyclic) bond motifs is 5. The largest absolute Gasteiger partial charge is 0.451 e. The zero-order valence-electron chi connectivity index (χ0n) is 27.1. The second kappa shape index (κ2) is 14.6. The standard InChI is InChI=1S/C34H42F2N4O7.H2/c1-4-5-6-7-8-9-10-28(41)45-20-46-31-29-33(44)39-19-27(34(14-13-22(39)3)16-21(2)38-47-34)40(29)18-25(30(31)42)32(43)37-17-23-11-12-24(35)15-26(23)36;/h11-12,15,18,22,27H,4-10,13-14,16-17,19-20H2,1-3H3,(H,37,43);1H/t22-,27+,34-;/m0./s1. The van der Waals surface area contributed by atoms with E-state index >= 15 is 0 Å². The predicted molar refractivity (Wildman–Crippen MR) is 170 cm³/mol. The molecule has 3 atom stereocenters. The highest BCUT2D eigenvalue weighted by atomic mass is 19.1. The van der Waals surface area contributed by atoms with Crippen molar-refractivity contribution >= 4 is 23.5 Å². The second-order valence-electron chi connectivity index (χ2n) is 12.7. The third-order valence-corrected chi connectivity index (χ3v) is 9.28. The van der Waals surface area contributed by atoms with E-state index < -0.39 is 59.0 Å². The van der Waals surface area contributed by atoms with Crippen LogP contribution < -0.4 is 15.5 Å². The first-order chi connectivity index (χ1) is 22.5. The molecule has 1 fully saturated rings. The molecule has 47 heavy (non-hydrogen) atoms. The number of nitrogens with one attached hydrogen (secondary N) is 1. The molecule has 256 valence electrons. The maximum absolute atomic E-state index is 14.3. The third kappa shape index (κ3) is 7.33. The zero-order valence-corrected chi connectivity index (χ0v) is 27.1. The molecular formula is C34H44F2N4O7. The molecule has 1 aromatic carbocycles. The van der Waals surface area contributed by atoms with Gasteiger partial charge in [0.15, 0.2) is 11.3 Å². The minimum Gasteiger partial charge on any atom is -0.451 e. The van der Waals surface area contributed by atoms with Crippen molar-refractivity contribution in [2.24, 2.45) is 5.16 Å². The number of halogens is 2. The van der Waals surface area contributed by atoms with Crippen LogP contribution in [0.1, 0.15) is 119 Å². The number of esters is 1. The summed E-state index contributed by atoms with van der Waals surface area (Å²) in [7, 11) is 0. The summed E-state index contributed by atoms with van der Waals surface area (Å²) < 4.78 is 40.3. The van der Waals surface area contributed by atoms with Crippen LogP contribution in [0.25, 0.3) is 0 Å². The molecule has 0 unspecified atom stereocenters. The predicted octanol–water partition coefficient (Wildman–Crippen LogP) is 5.65. The van der Waals surface area contributed by atoms with E-state index in [-0.39, 0.29) is 43.8 Å². The fraction of sp³-hybridized carbons (Fsp3) is 0.559. The lowest BCUT2D eigenvalue weighted by Gasteiger charge is -2.42. The Labute approximate surface area is 273 Å². The van der Waals surface area contributed by atoms with Crippen LogP contribution in [0.3, 0.4) is 0 Å². The average Bonchev–Trinajstić information content (AvgIpc) is 3.37. The molecule has 0 radical (unpaired) electrons. The van der Waals surface area contributed by atoms with Gasteiger partial charge in [-0.1, -0.05) is 50.2 Å². The number of pyridine rings is 1. The molecule has 0 saturated carbocycles. The number of benzene rings is 1. The quantitative estimate of drug-likeness (QED) is 0.167. The van der Waals surface area contributed by atoms with E-state index in [4.69, 9.17) is 14.3 Å². The molecule has 3 aliphatic heterocycles. The molecule has 2 bridgehead atoms. The van der Waals surface area contributed by atoms with Crippen molar-refractivity contribution in [1.29, 1.82) is 0 Å². The molecule has 4 heterocycles. The highest BCUT2D eigenvalue weighted by molar-refractivity contribution is 5.99. The van der Waals surface area contributed by atoms with Crippen LogP contribution in [-0.4, -0.2) is 57.9 Å². The monoisotopic (exact) mass is 658 g/mol. The number of oxime groups is 1. The van der Waals surface area contributed by atoms with Gasteiger partial charge < -0.3 is 29.1 Å². The summed E-state index contributed by atoms with van der Waals surface area (Å²) in [5, 5.41) is 6.73. The minimum atomic E-state index is -0.894. The van der Waals surface area contributed by atoms with Crippen molar-refractivity contribution < 1.29 is 38.9 Å². The van der Waals surface area contributed by atoms with E-state index in [9.17, 15) is 28.0 Å². The van der Waals surface area contributed by atoms with Crippen LogP contribution in [0.15, 0.2) is 34.3 Å².